The van der Waals surface area contributed by atoms with E-state index in [1.54, 1.807) is 18.2 Å². The first-order valence-electron chi connectivity index (χ1n) is 8.41. The van der Waals surface area contributed by atoms with Gasteiger partial charge in [0.05, 0.1) is 14.9 Å². The van der Waals surface area contributed by atoms with Gasteiger partial charge in [-0.15, -0.1) is 0 Å². The maximum Gasteiger partial charge on any atom is 0.238 e. The molecule has 3 aromatic rings. The van der Waals surface area contributed by atoms with Crippen molar-refractivity contribution in [3.63, 3.8) is 0 Å². The highest BCUT2D eigenvalue weighted by Gasteiger charge is 2.24. The molecule has 4 nitrogen and oxygen atoms in total. The Morgan fingerprint density at radius 2 is 1.61 bits per heavy atom. The van der Waals surface area contributed by atoms with Crippen LogP contribution in [0.15, 0.2) is 71.6 Å². The van der Waals surface area contributed by atoms with E-state index in [0.717, 1.165) is 22.4 Å². The van der Waals surface area contributed by atoms with E-state index < -0.39 is 10.0 Å². The second kappa shape index (κ2) is 7.26. The Hall–Kier alpha value is -2.31. The van der Waals surface area contributed by atoms with Gasteiger partial charge in [-0.1, -0.05) is 53.5 Å². The van der Waals surface area contributed by atoms with Crippen LogP contribution in [0.2, 0.25) is 10.0 Å². The second-order valence-electron chi connectivity index (χ2n) is 6.37. The Labute approximate surface area is 173 Å². The third-order valence-electron chi connectivity index (χ3n) is 4.55. The highest BCUT2D eigenvalue weighted by atomic mass is 35.5. The molecular weight excluding hydrogens is 417 g/mol. The summed E-state index contributed by atoms with van der Waals surface area (Å²) in [5.74, 6) is 1.35. The number of allylic oxidation sites excluding steroid dienone is 1. The quantitative estimate of drug-likeness (QED) is 0.623. The summed E-state index contributed by atoms with van der Waals surface area (Å²) in [5, 5.41) is 6.10. The molecule has 0 saturated heterocycles. The first-order chi connectivity index (χ1) is 13.3. The number of hydrogen-bond acceptors (Lipinski definition) is 3. The highest BCUT2D eigenvalue weighted by molar-refractivity contribution is 7.89. The van der Waals surface area contributed by atoms with Crippen LogP contribution in [0.3, 0.4) is 0 Å². The largest absolute Gasteiger partial charge is 0.456 e. The molecule has 28 heavy (non-hydrogen) atoms. The lowest BCUT2D eigenvalue weighted by atomic mass is 9.92. The second-order valence-corrected chi connectivity index (χ2v) is 8.71. The molecule has 0 radical (unpaired) electrons. The molecule has 0 spiro atoms. The predicted molar refractivity (Wildman–Crippen MR) is 112 cm³/mol. The summed E-state index contributed by atoms with van der Waals surface area (Å²) in [7, 11) is -3.77. The van der Waals surface area contributed by atoms with E-state index in [0.29, 0.717) is 27.8 Å². The number of nitrogens with two attached hydrogens (primary N) is 1. The zero-order valence-electron chi connectivity index (χ0n) is 14.5. The average Bonchev–Trinajstić information content (AvgIpc) is 2.68. The van der Waals surface area contributed by atoms with Gasteiger partial charge in [0.15, 0.2) is 0 Å². The van der Waals surface area contributed by atoms with Crippen molar-refractivity contribution in [2.24, 2.45) is 5.14 Å². The molecule has 0 fully saturated rings. The van der Waals surface area contributed by atoms with Crippen LogP contribution in [-0.4, -0.2) is 8.42 Å². The Kier molecular flexibility index (Phi) is 4.93. The SMILES string of the molecule is NS(=O)(=O)c1ccc(C2=C(c3cccc(Cl)c3Cl)Cc3ccccc3O2)cc1. The minimum Gasteiger partial charge on any atom is -0.456 e. The Bertz CT molecular complexity index is 1200. The molecule has 0 atom stereocenters. The third kappa shape index (κ3) is 3.54. The fourth-order valence-corrected chi connectivity index (χ4v) is 4.11. The predicted octanol–water partition coefficient (Wildman–Crippen LogP) is 5.14. The normalized spacial score (nSPS) is 13.8. The topological polar surface area (TPSA) is 69.4 Å². The number of fused-ring (bicyclic) bond motifs is 1. The number of para-hydroxylation sites is 1. The van der Waals surface area contributed by atoms with Gasteiger partial charge in [0, 0.05) is 23.1 Å². The minimum atomic E-state index is -3.77. The van der Waals surface area contributed by atoms with Gasteiger partial charge in [0.2, 0.25) is 10.0 Å². The van der Waals surface area contributed by atoms with Crippen molar-refractivity contribution < 1.29 is 13.2 Å². The van der Waals surface area contributed by atoms with Crippen LogP contribution in [0.25, 0.3) is 11.3 Å². The number of halogens is 2. The molecule has 0 amide bonds. The lowest BCUT2D eigenvalue weighted by Gasteiger charge is -2.25. The van der Waals surface area contributed by atoms with Crippen LogP contribution in [0.5, 0.6) is 5.75 Å². The van der Waals surface area contributed by atoms with E-state index in [9.17, 15) is 8.42 Å². The summed E-state index contributed by atoms with van der Waals surface area (Å²) in [5.41, 5.74) is 3.38. The lowest BCUT2D eigenvalue weighted by Crippen LogP contribution is -2.13. The average molecular weight is 432 g/mol. The minimum absolute atomic E-state index is 0.0374. The van der Waals surface area contributed by atoms with Crippen molar-refractivity contribution in [3.8, 4) is 5.75 Å². The summed E-state index contributed by atoms with van der Waals surface area (Å²) in [4.78, 5) is 0.0374. The van der Waals surface area contributed by atoms with Crippen molar-refractivity contribution in [2.75, 3.05) is 0 Å². The van der Waals surface area contributed by atoms with E-state index in [-0.39, 0.29) is 4.90 Å². The third-order valence-corrected chi connectivity index (χ3v) is 6.30. The molecule has 0 unspecified atom stereocenters. The molecular formula is C21H15Cl2NO3S. The summed E-state index contributed by atoms with van der Waals surface area (Å²) in [6.45, 7) is 0. The van der Waals surface area contributed by atoms with Crippen molar-refractivity contribution in [3.05, 3.63) is 93.5 Å². The molecule has 2 N–H and O–H groups in total. The van der Waals surface area contributed by atoms with Crippen LogP contribution in [0.4, 0.5) is 0 Å². The molecule has 7 heteroatoms. The van der Waals surface area contributed by atoms with Crippen LogP contribution < -0.4 is 9.88 Å². The molecule has 142 valence electrons. The van der Waals surface area contributed by atoms with Crippen LogP contribution in [-0.2, 0) is 16.4 Å². The fraction of sp³-hybridized carbons (Fsp3) is 0.0476. The molecule has 0 aromatic heterocycles. The van der Waals surface area contributed by atoms with E-state index in [2.05, 4.69) is 0 Å². The summed E-state index contributed by atoms with van der Waals surface area (Å²) in [6.07, 6.45) is 0.600. The van der Waals surface area contributed by atoms with Gasteiger partial charge < -0.3 is 4.74 Å². The summed E-state index contributed by atoms with van der Waals surface area (Å²) in [6, 6.07) is 19.4. The maximum atomic E-state index is 11.6. The summed E-state index contributed by atoms with van der Waals surface area (Å²) >= 11 is 12.7. The smallest absolute Gasteiger partial charge is 0.238 e. The van der Waals surface area contributed by atoms with Crippen LogP contribution in [0.1, 0.15) is 16.7 Å². The zero-order valence-corrected chi connectivity index (χ0v) is 16.9. The van der Waals surface area contributed by atoms with Gasteiger partial charge in [0.25, 0.3) is 0 Å². The number of benzene rings is 3. The Balaban J connectivity index is 1.90. The molecule has 0 saturated carbocycles. The Morgan fingerprint density at radius 3 is 2.32 bits per heavy atom. The first-order valence-corrected chi connectivity index (χ1v) is 10.7. The molecule has 1 aliphatic heterocycles. The van der Waals surface area contributed by atoms with Crippen molar-refractivity contribution in [1.82, 2.24) is 0 Å². The number of sulfonamides is 1. The van der Waals surface area contributed by atoms with Gasteiger partial charge >= 0.3 is 0 Å². The van der Waals surface area contributed by atoms with Crippen LogP contribution >= 0.6 is 23.2 Å². The molecule has 1 heterocycles. The molecule has 3 aromatic carbocycles. The van der Waals surface area contributed by atoms with Gasteiger partial charge in [-0.3, -0.25) is 0 Å². The van der Waals surface area contributed by atoms with Gasteiger partial charge in [-0.05, 0) is 42.0 Å². The number of ether oxygens (including phenoxy) is 1. The van der Waals surface area contributed by atoms with Crippen LogP contribution in [0, 0.1) is 0 Å². The van der Waals surface area contributed by atoms with Crippen molar-refractivity contribution in [1.29, 1.82) is 0 Å². The number of rotatable bonds is 3. The molecule has 0 aliphatic carbocycles. The Morgan fingerprint density at radius 1 is 0.893 bits per heavy atom. The van der Waals surface area contributed by atoms with Crippen molar-refractivity contribution in [2.45, 2.75) is 11.3 Å². The molecule has 4 rings (SSSR count). The van der Waals surface area contributed by atoms with Gasteiger partial charge in [0.1, 0.15) is 11.5 Å². The maximum absolute atomic E-state index is 11.6. The van der Waals surface area contributed by atoms with Crippen molar-refractivity contribution >= 4 is 44.6 Å². The standard InChI is InChI=1S/C21H15Cl2NO3S/c22-18-6-3-5-16(20(18)23)17-12-14-4-1-2-7-19(14)27-21(17)13-8-10-15(11-9-13)28(24,25)26/h1-11H,12H2,(H2,24,25,26). The van der Waals surface area contributed by atoms with E-state index in [1.807, 2.05) is 36.4 Å². The van der Waals surface area contributed by atoms with Gasteiger partial charge in [-0.25, -0.2) is 13.6 Å². The summed E-state index contributed by atoms with van der Waals surface area (Å²) < 4.78 is 29.3. The fourth-order valence-electron chi connectivity index (χ4n) is 3.18. The van der Waals surface area contributed by atoms with E-state index >= 15 is 0 Å². The monoisotopic (exact) mass is 431 g/mol. The number of hydrogen-bond donors (Lipinski definition) is 1. The van der Waals surface area contributed by atoms with E-state index in [1.165, 1.54) is 12.1 Å². The highest BCUT2D eigenvalue weighted by Crippen LogP contribution is 2.42. The van der Waals surface area contributed by atoms with E-state index in [4.69, 9.17) is 33.1 Å². The number of primary sulfonamides is 1. The zero-order chi connectivity index (χ0) is 19.9. The molecule has 0 bridgehead atoms. The molecule has 1 aliphatic rings. The first kappa shape index (κ1) is 19.0. The van der Waals surface area contributed by atoms with Gasteiger partial charge in [-0.2, -0.15) is 0 Å². The lowest BCUT2D eigenvalue weighted by molar-refractivity contribution is 0.502.